The summed E-state index contributed by atoms with van der Waals surface area (Å²) in [7, 11) is 0. The normalized spacial score (nSPS) is 25.6. The third-order valence-electron chi connectivity index (χ3n) is 2.28. The SMILES string of the molecule is C1=C2CNCCN2CCC1. The second kappa shape index (κ2) is 2.62. The van der Waals surface area contributed by atoms with E-state index in [9.17, 15) is 0 Å². The maximum absolute atomic E-state index is 3.37. The second-order valence-electron chi connectivity index (χ2n) is 3.00. The van der Waals surface area contributed by atoms with Gasteiger partial charge in [0.15, 0.2) is 0 Å². The van der Waals surface area contributed by atoms with Crippen molar-refractivity contribution in [1.82, 2.24) is 10.2 Å². The number of allylic oxidation sites excluding steroid dienone is 1. The summed E-state index contributed by atoms with van der Waals surface area (Å²) in [5.74, 6) is 0. The van der Waals surface area contributed by atoms with Gasteiger partial charge in [0.25, 0.3) is 0 Å². The highest BCUT2D eigenvalue weighted by Crippen LogP contribution is 2.14. The number of nitrogens with one attached hydrogen (secondary N) is 1. The summed E-state index contributed by atoms with van der Waals surface area (Å²) >= 11 is 0. The van der Waals surface area contributed by atoms with Crippen LogP contribution in [0.1, 0.15) is 12.8 Å². The molecular weight excluding hydrogens is 124 g/mol. The fourth-order valence-electron chi connectivity index (χ4n) is 1.69. The average Bonchev–Trinajstić information content (AvgIpc) is 2.05. The third kappa shape index (κ3) is 1.03. The Hall–Kier alpha value is -0.500. The van der Waals surface area contributed by atoms with E-state index in [1.54, 1.807) is 0 Å². The van der Waals surface area contributed by atoms with Crippen LogP contribution in [-0.2, 0) is 0 Å². The topological polar surface area (TPSA) is 15.3 Å². The molecule has 1 N–H and O–H groups in total. The minimum absolute atomic E-state index is 1.10. The van der Waals surface area contributed by atoms with Crippen molar-refractivity contribution in [2.45, 2.75) is 12.8 Å². The lowest BCUT2D eigenvalue weighted by Gasteiger charge is -2.34. The maximum Gasteiger partial charge on any atom is 0.0353 e. The van der Waals surface area contributed by atoms with Crippen LogP contribution in [0.25, 0.3) is 0 Å². The van der Waals surface area contributed by atoms with Crippen molar-refractivity contribution in [2.75, 3.05) is 26.2 Å². The van der Waals surface area contributed by atoms with E-state index >= 15 is 0 Å². The summed E-state index contributed by atoms with van der Waals surface area (Å²) < 4.78 is 0. The second-order valence-corrected chi connectivity index (χ2v) is 3.00. The first-order valence-electron chi connectivity index (χ1n) is 4.11. The van der Waals surface area contributed by atoms with Gasteiger partial charge in [0.05, 0.1) is 0 Å². The van der Waals surface area contributed by atoms with Crippen molar-refractivity contribution in [2.24, 2.45) is 0 Å². The first kappa shape index (κ1) is 6.23. The van der Waals surface area contributed by atoms with Crippen LogP contribution in [0.4, 0.5) is 0 Å². The van der Waals surface area contributed by atoms with Gasteiger partial charge in [-0.3, -0.25) is 0 Å². The van der Waals surface area contributed by atoms with Gasteiger partial charge in [-0.25, -0.2) is 0 Å². The minimum atomic E-state index is 1.10. The molecule has 0 aromatic carbocycles. The lowest BCUT2D eigenvalue weighted by atomic mass is 10.1. The Bertz CT molecular complexity index is 151. The van der Waals surface area contributed by atoms with Gasteiger partial charge < -0.3 is 10.2 Å². The highest BCUT2D eigenvalue weighted by molar-refractivity contribution is 5.08. The molecule has 2 aliphatic heterocycles. The number of nitrogens with zero attached hydrogens (tertiary/aromatic N) is 1. The standard InChI is InChI=1S/C8H14N2/c1-2-5-10-6-4-9-7-8(10)3-1/h3,9H,1-2,4-7H2. The van der Waals surface area contributed by atoms with Crippen LogP contribution >= 0.6 is 0 Å². The Morgan fingerprint density at radius 1 is 1.40 bits per heavy atom. The Balaban J connectivity index is 2.08. The Kier molecular flexibility index (Phi) is 1.63. The molecule has 0 spiro atoms. The molecule has 0 saturated carbocycles. The molecule has 1 fully saturated rings. The molecule has 0 bridgehead atoms. The van der Waals surface area contributed by atoms with Gasteiger partial charge in [0, 0.05) is 31.9 Å². The lowest BCUT2D eigenvalue weighted by Crippen LogP contribution is -2.43. The van der Waals surface area contributed by atoms with Crippen LogP contribution in [-0.4, -0.2) is 31.1 Å². The Labute approximate surface area is 61.9 Å². The molecule has 2 aliphatic rings. The van der Waals surface area contributed by atoms with Crippen LogP contribution in [0, 0.1) is 0 Å². The summed E-state index contributed by atoms with van der Waals surface area (Å²) in [6, 6.07) is 0. The molecule has 0 amide bonds. The summed E-state index contributed by atoms with van der Waals surface area (Å²) in [6.45, 7) is 4.76. The molecule has 1 saturated heterocycles. The predicted molar refractivity (Wildman–Crippen MR) is 41.8 cm³/mol. The summed E-state index contributed by atoms with van der Waals surface area (Å²) in [5, 5.41) is 3.37. The molecule has 0 aliphatic carbocycles. The zero-order valence-electron chi connectivity index (χ0n) is 6.27. The van der Waals surface area contributed by atoms with Crippen molar-refractivity contribution in [3.05, 3.63) is 11.8 Å². The van der Waals surface area contributed by atoms with Crippen molar-refractivity contribution < 1.29 is 0 Å². The molecule has 0 unspecified atom stereocenters. The van der Waals surface area contributed by atoms with E-state index in [2.05, 4.69) is 16.3 Å². The number of piperazine rings is 1. The fourth-order valence-corrected chi connectivity index (χ4v) is 1.69. The van der Waals surface area contributed by atoms with Crippen molar-refractivity contribution in [3.8, 4) is 0 Å². The molecule has 2 nitrogen and oxygen atoms in total. The van der Waals surface area contributed by atoms with Crippen LogP contribution in [0.5, 0.6) is 0 Å². The molecule has 0 aromatic heterocycles. The number of hydrogen-bond donors (Lipinski definition) is 1. The van der Waals surface area contributed by atoms with E-state index in [1.807, 2.05) is 0 Å². The largest absolute Gasteiger partial charge is 0.373 e. The zero-order valence-corrected chi connectivity index (χ0v) is 6.27. The molecule has 2 heteroatoms. The monoisotopic (exact) mass is 138 g/mol. The van der Waals surface area contributed by atoms with Crippen LogP contribution in [0.3, 0.4) is 0 Å². The highest BCUT2D eigenvalue weighted by Gasteiger charge is 2.15. The first-order chi connectivity index (χ1) is 4.97. The fraction of sp³-hybridized carbons (Fsp3) is 0.750. The molecule has 0 radical (unpaired) electrons. The van der Waals surface area contributed by atoms with Gasteiger partial charge in [-0.05, 0) is 12.8 Å². The number of hydrogen-bond acceptors (Lipinski definition) is 2. The average molecular weight is 138 g/mol. The highest BCUT2D eigenvalue weighted by atomic mass is 15.2. The summed E-state index contributed by atoms with van der Waals surface area (Å²) in [6.07, 6.45) is 5.01. The minimum Gasteiger partial charge on any atom is -0.373 e. The van der Waals surface area contributed by atoms with E-state index < -0.39 is 0 Å². The van der Waals surface area contributed by atoms with Crippen molar-refractivity contribution in [3.63, 3.8) is 0 Å². The molecule has 2 heterocycles. The van der Waals surface area contributed by atoms with Gasteiger partial charge >= 0.3 is 0 Å². The number of fused-ring (bicyclic) bond motifs is 1. The van der Waals surface area contributed by atoms with Crippen molar-refractivity contribution in [1.29, 1.82) is 0 Å². The van der Waals surface area contributed by atoms with E-state index in [-0.39, 0.29) is 0 Å². The number of rotatable bonds is 0. The molecule has 0 aromatic rings. The van der Waals surface area contributed by atoms with E-state index in [0.717, 1.165) is 13.1 Å². The summed E-state index contributed by atoms with van der Waals surface area (Å²) in [5.41, 5.74) is 1.53. The molecule has 10 heavy (non-hydrogen) atoms. The van der Waals surface area contributed by atoms with Gasteiger partial charge in [-0.15, -0.1) is 0 Å². The van der Waals surface area contributed by atoms with Gasteiger partial charge in [-0.2, -0.15) is 0 Å². The van der Waals surface area contributed by atoms with Crippen LogP contribution < -0.4 is 5.32 Å². The zero-order chi connectivity index (χ0) is 6.81. The third-order valence-corrected chi connectivity index (χ3v) is 2.28. The van der Waals surface area contributed by atoms with Gasteiger partial charge in [0.2, 0.25) is 0 Å². The quantitative estimate of drug-likeness (QED) is 0.526. The molecular formula is C8H14N2. The van der Waals surface area contributed by atoms with E-state index in [1.165, 1.54) is 31.6 Å². The predicted octanol–water partition coefficient (Wildman–Crippen LogP) is 0.569. The van der Waals surface area contributed by atoms with Crippen LogP contribution in [0.15, 0.2) is 11.8 Å². The summed E-state index contributed by atoms with van der Waals surface area (Å²) in [4.78, 5) is 2.50. The smallest absolute Gasteiger partial charge is 0.0353 e. The van der Waals surface area contributed by atoms with Gasteiger partial charge in [-0.1, -0.05) is 6.08 Å². The first-order valence-corrected chi connectivity index (χ1v) is 4.11. The lowest BCUT2D eigenvalue weighted by molar-refractivity contribution is 0.283. The molecule has 2 rings (SSSR count). The Morgan fingerprint density at radius 3 is 3.30 bits per heavy atom. The van der Waals surface area contributed by atoms with Crippen LogP contribution in [0.2, 0.25) is 0 Å². The molecule has 0 atom stereocenters. The van der Waals surface area contributed by atoms with Crippen molar-refractivity contribution >= 4 is 0 Å². The van der Waals surface area contributed by atoms with E-state index in [0.29, 0.717) is 0 Å². The maximum atomic E-state index is 3.37. The Morgan fingerprint density at radius 2 is 2.40 bits per heavy atom. The van der Waals surface area contributed by atoms with E-state index in [4.69, 9.17) is 0 Å². The molecule has 56 valence electrons. The van der Waals surface area contributed by atoms with Gasteiger partial charge in [0.1, 0.15) is 0 Å².